The van der Waals surface area contributed by atoms with Gasteiger partial charge in [0.25, 0.3) is 5.91 Å². The Morgan fingerprint density at radius 1 is 0.947 bits per heavy atom. The Balaban J connectivity index is 2.25. The number of amides is 1. The molecular formula is C16H16BrNO. The van der Waals surface area contributed by atoms with E-state index in [1.54, 1.807) is 0 Å². The second-order valence-electron chi connectivity index (χ2n) is 4.81. The highest BCUT2D eigenvalue weighted by atomic mass is 79.9. The van der Waals surface area contributed by atoms with E-state index in [1.165, 1.54) is 0 Å². The molecule has 0 heterocycles. The lowest BCUT2D eigenvalue weighted by atomic mass is 10.1. The number of rotatable bonds is 2. The highest BCUT2D eigenvalue weighted by Crippen LogP contribution is 2.21. The van der Waals surface area contributed by atoms with Crippen molar-refractivity contribution >= 4 is 27.5 Å². The van der Waals surface area contributed by atoms with Crippen LogP contribution in [0.25, 0.3) is 0 Å². The maximum atomic E-state index is 12.2. The van der Waals surface area contributed by atoms with Gasteiger partial charge in [-0.3, -0.25) is 4.79 Å². The molecule has 19 heavy (non-hydrogen) atoms. The molecule has 0 bridgehead atoms. The lowest BCUT2D eigenvalue weighted by Crippen LogP contribution is -2.12. The predicted octanol–water partition coefficient (Wildman–Crippen LogP) is 4.63. The first kappa shape index (κ1) is 13.8. The summed E-state index contributed by atoms with van der Waals surface area (Å²) >= 11 is 3.43. The van der Waals surface area contributed by atoms with Gasteiger partial charge >= 0.3 is 0 Å². The number of hydrogen-bond donors (Lipinski definition) is 1. The van der Waals surface area contributed by atoms with Gasteiger partial charge in [-0.25, -0.2) is 0 Å². The quantitative estimate of drug-likeness (QED) is 0.859. The highest BCUT2D eigenvalue weighted by molar-refractivity contribution is 9.10. The summed E-state index contributed by atoms with van der Waals surface area (Å²) in [6, 6.07) is 11.7. The second kappa shape index (κ2) is 5.57. The zero-order chi connectivity index (χ0) is 14.0. The molecule has 0 radical (unpaired) electrons. The summed E-state index contributed by atoms with van der Waals surface area (Å²) in [5.41, 5.74) is 4.87. The van der Waals surface area contributed by atoms with E-state index in [9.17, 15) is 4.79 Å². The molecule has 0 unspecified atom stereocenters. The molecule has 0 atom stereocenters. The van der Waals surface area contributed by atoms with Crippen molar-refractivity contribution in [2.75, 3.05) is 5.32 Å². The SMILES string of the molecule is Cc1cc(C)cc(NC(=O)c2ccc(C)cc2Br)c1. The minimum atomic E-state index is -0.100. The standard InChI is InChI=1S/C16H16BrNO/c1-10-4-5-14(15(17)9-10)16(19)18-13-7-11(2)6-12(3)8-13/h4-9H,1-3H3,(H,18,19). The number of anilines is 1. The van der Waals surface area contributed by atoms with Crippen molar-refractivity contribution in [3.05, 3.63) is 63.1 Å². The molecule has 0 aliphatic heterocycles. The van der Waals surface area contributed by atoms with Crippen molar-refractivity contribution in [2.45, 2.75) is 20.8 Å². The van der Waals surface area contributed by atoms with Crippen LogP contribution in [-0.4, -0.2) is 5.91 Å². The molecule has 0 saturated carbocycles. The summed E-state index contributed by atoms with van der Waals surface area (Å²) in [5.74, 6) is -0.100. The third kappa shape index (κ3) is 3.44. The van der Waals surface area contributed by atoms with E-state index >= 15 is 0 Å². The zero-order valence-corrected chi connectivity index (χ0v) is 12.8. The number of carbonyl (C=O) groups is 1. The van der Waals surface area contributed by atoms with Gasteiger partial charge in [-0.15, -0.1) is 0 Å². The van der Waals surface area contributed by atoms with Crippen molar-refractivity contribution in [2.24, 2.45) is 0 Å². The van der Waals surface area contributed by atoms with Crippen LogP contribution in [0.1, 0.15) is 27.0 Å². The average Bonchev–Trinajstić information content (AvgIpc) is 2.26. The van der Waals surface area contributed by atoms with E-state index < -0.39 is 0 Å². The van der Waals surface area contributed by atoms with Gasteiger partial charge in [0, 0.05) is 10.2 Å². The van der Waals surface area contributed by atoms with Crippen molar-refractivity contribution in [3.8, 4) is 0 Å². The van der Waals surface area contributed by atoms with Gasteiger partial charge in [-0.2, -0.15) is 0 Å². The van der Waals surface area contributed by atoms with Crippen molar-refractivity contribution in [3.63, 3.8) is 0 Å². The Labute approximate surface area is 122 Å². The first-order valence-corrected chi connectivity index (χ1v) is 6.91. The Kier molecular flexibility index (Phi) is 4.05. The van der Waals surface area contributed by atoms with Gasteiger partial charge < -0.3 is 5.32 Å². The Morgan fingerprint density at radius 3 is 2.16 bits per heavy atom. The smallest absolute Gasteiger partial charge is 0.256 e. The lowest BCUT2D eigenvalue weighted by Gasteiger charge is -2.09. The molecule has 1 amide bonds. The minimum absolute atomic E-state index is 0.100. The normalized spacial score (nSPS) is 10.3. The van der Waals surface area contributed by atoms with Crippen LogP contribution in [0.5, 0.6) is 0 Å². The summed E-state index contributed by atoms with van der Waals surface area (Å²) in [5, 5.41) is 2.93. The monoisotopic (exact) mass is 317 g/mol. The van der Waals surface area contributed by atoms with Crippen LogP contribution < -0.4 is 5.32 Å². The molecule has 1 N–H and O–H groups in total. The van der Waals surface area contributed by atoms with Crippen LogP contribution in [0.3, 0.4) is 0 Å². The molecular weight excluding hydrogens is 302 g/mol. The zero-order valence-electron chi connectivity index (χ0n) is 11.3. The molecule has 2 rings (SSSR count). The summed E-state index contributed by atoms with van der Waals surface area (Å²) < 4.78 is 0.814. The van der Waals surface area contributed by atoms with E-state index in [0.717, 1.165) is 26.9 Å². The van der Waals surface area contributed by atoms with E-state index in [-0.39, 0.29) is 5.91 Å². The van der Waals surface area contributed by atoms with Gasteiger partial charge in [-0.1, -0.05) is 12.1 Å². The minimum Gasteiger partial charge on any atom is -0.322 e. The molecule has 3 heteroatoms. The van der Waals surface area contributed by atoms with E-state index in [0.29, 0.717) is 5.56 Å². The molecule has 0 aliphatic rings. The van der Waals surface area contributed by atoms with Crippen LogP contribution in [-0.2, 0) is 0 Å². The first-order valence-electron chi connectivity index (χ1n) is 6.11. The van der Waals surface area contributed by atoms with Crippen molar-refractivity contribution in [1.29, 1.82) is 0 Å². The number of carbonyl (C=O) groups excluding carboxylic acids is 1. The second-order valence-corrected chi connectivity index (χ2v) is 5.67. The van der Waals surface area contributed by atoms with Gasteiger partial charge in [0.2, 0.25) is 0 Å². The van der Waals surface area contributed by atoms with Gasteiger partial charge in [-0.05, 0) is 77.7 Å². The fourth-order valence-electron chi connectivity index (χ4n) is 2.05. The number of halogens is 1. The molecule has 2 nitrogen and oxygen atoms in total. The number of aryl methyl sites for hydroxylation is 3. The third-order valence-corrected chi connectivity index (χ3v) is 3.50. The molecule has 0 saturated heterocycles. The topological polar surface area (TPSA) is 29.1 Å². The first-order chi connectivity index (χ1) is 8.95. The number of hydrogen-bond acceptors (Lipinski definition) is 1. The summed E-state index contributed by atoms with van der Waals surface area (Å²) in [4.78, 5) is 12.2. The van der Waals surface area contributed by atoms with Crippen LogP contribution in [0.15, 0.2) is 40.9 Å². The fraction of sp³-hybridized carbons (Fsp3) is 0.188. The molecule has 0 aromatic heterocycles. The van der Waals surface area contributed by atoms with E-state index in [2.05, 4.69) is 27.3 Å². The molecule has 2 aromatic carbocycles. The summed E-state index contributed by atoms with van der Waals surface area (Å²) in [6.45, 7) is 6.03. The highest BCUT2D eigenvalue weighted by Gasteiger charge is 2.10. The number of nitrogens with one attached hydrogen (secondary N) is 1. The Morgan fingerprint density at radius 2 is 1.58 bits per heavy atom. The molecule has 0 spiro atoms. The van der Waals surface area contributed by atoms with E-state index in [1.807, 2.05) is 51.1 Å². The summed E-state index contributed by atoms with van der Waals surface area (Å²) in [6.07, 6.45) is 0. The molecule has 98 valence electrons. The molecule has 0 aliphatic carbocycles. The van der Waals surface area contributed by atoms with Crippen molar-refractivity contribution in [1.82, 2.24) is 0 Å². The maximum Gasteiger partial charge on any atom is 0.256 e. The Bertz CT molecular complexity index is 614. The Hall–Kier alpha value is -1.61. The number of benzene rings is 2. The van der Waals surface area contributed by atoms with Crippen LogP contribution in [0.2, 0.25) is 0 Å². The predicted molar refractivity (Wildman–Crippen MR) is 82.7 cm³/mol. The average molecular weight is 318 g/mol. The fourth-order valence-corrected chi connectivity index (χ4v) is 2.72. The molecule has 2 aromatic rings. The summed E-state index contributed by atoms with van der Waals surface area (Å²) in [7, 11) is 0. The van der Waals surface area contributed by atoms with Crippen molar-refractivity contribution < 1.29 is 4.79 Å². The third-order valence-electron chi connectivity index (χ3n) is 2.85. The van der Waals surface area contributed by atoms with Gasteiger partial charge in [0.15, 0.2) is 0 Å². The maximum absolute atomic E-state index is 12.2. The van der Waals surface area contributed by atoms with Crippen LogP contribution in [0.4, 0.5) is 5.69 Å². The van der Waals surface area contributed by atoms with Gasteiger partial charge in [0.05, 0.1) is 5.56 Å². The molecule has 0 fully saturated rings. The van der Waals surface area contributed by atoms with Crippen LogP contribution >= 0.6 is 15.9 Å². The largest absolute Gasteiger partial charge is 0.322 e. The van der Waals surface area contributed by atoms with E-state index in [4.69, 9.17) is 0 Å². The lowest BCUT2D eigenvalue weighted by molar-refractivity contribution is 0.102. The van der Waals surface area contributed by atoms with Crippen LogP contribution in [0, 0.1) is 20.8 Å². The van der Waals surface area contributed by atoms with Gasteiger partial charge in [0.1, 0.15) is 0 Å².